The molecule has 1 heterocycles. The summed E-state index contributed by atoms with van der Waals surface area (Å²) >= 11 is 0. The minimum absolute atomic E-state index is 0. The highest BCUT2D eigenvalue weighted by Gasteiger charge is 2.06. The number of hydrogen-bond donors (Lipinski definition) is 1. The van der Waals surface area contributed by atoms with Crippen LogP contribution in [0.25, 0.3) is 10.8 Å². The maximum absolute atomic E-state index is 9.65. The molecule has 0 spiro atoms. The van der Waals surface area contributed by atoms with Crippen molar-refractivity contribution in [3.05, 3.63) is 29.6 Å². The number of hydrogen-bond acceptors (Lipinski definition) is 3. The van der Waals surface area contributed by atoms with Crippen LogP contribution in [0.2, 0.25) is 0 Å². The van der Waals surface area contributed by atoms with Crippen LogP contribution < -0.4 is 4.74 Å². The predicted molar refractivity (Wildman–Crippen MR) is 66.7 cm³/mol. The number of halogens is 1. The number of aryl methyl sites for hydroxylation is 2. The number of pyridine rings is 1. The van der Waals surface area contributed by atoms with Crippen LogP contribution in [0.1, 0.15) is 11.4 Å². The molecule has 0 aliphatic rings. The van der Waals surface area contributed by atoms with Crippen molar-refractivity contribution in [3.8, 4) is 11.5 Å². The molecule has 0 aliphatic heterocycles. The van der Waals surface area contributed by atoms with Crippen LogP contribution in [0.15, 0.2) is 18.2 Å². The van der Waals surface area contributed by atoms with Crippen LogP contribution in [0.4, 0.5) is 0 Å². The third kappa shape index (κ3) is 2.04. The fraction of sp³-hybridized carbons (Fsp3) is 0.250. The van der Waals surface area contributed by atoms with Crippen LogP contribution >= 0.6 is 12.4 Å². The van der Waals surface area contributed by atoms with Gasteiger partial charge in [0.1, 0.15) is 0 Å². The third-order valence-corrected chi connectivity index (χ3v) is 2.45. The molecule has 0 aliphatic carbocycles. The molecule has 86 valence electrons. The van der Waals surface area contributed by atoms with E-state index in [0.717, 1.165) is 22.2 Å². The van der Waals surface area contributed by atoms with Crippen LogP contribution in [-0.2, 0) is 0 Å². The Kier molecular flexibility index (Phi) is 3.60. The van der Waals surface area contributed by atoms with Crippen LogP contribution in [-0.4, -0.2) is 17.2 Å². The molecule has 3 nitrogen and oxygen atoms in total. The number of phenolic OH excluding ortho intramolecular Hbond substituents is 1. The van der Waals surface area contributed by atoms with E-state index in [1.807, 2.05) is 26.0 Å². The number of aromatic hydroxyl groups is 1. The van der Waals surface area contributed by atoms with E-state index in [2.05, 4.69) is 4.98 Å². The first kappa shape index (κ1) is 12.6. The molecule has 1 aromatic heterocycles. The van der Waals surface area contributed by atoms with E-state index in [4.69, 9.17) is 4.74 Å². The Bertz CT molecular complexity index is 526. The Morgan fingerprint density at radius 1 is 1.19 bits per heavy atom. The summed E-state index contributed by atoms with van der Waals surface area (Å²) in [6.07, 6.45) is 0. The molecule has 0 atom stereocenters. The molecule has 2 rings (SSSR count). The summed E-state index contributed by atoms with van der Waals surface area (Å²) in [6, 6.07) is 5.49. The fourth-order valence-electron chi connectivity index (χ4n) is 1.76. The van der Waals surface area contributed by atoms with Gasteiger partial charge in [0.05, 0.1) is 7.11 Å². The molecule has 0 fully saturated rings. The second-order valence-corrected chi connectivity index (χ2v) is 3.59. The van der Waals surface area contributed by atoms with E-state index in [9.17, 15) is 5.11 Å². The smallest absolute Gasteiger partial charge is 0.161 e. The molecule has 0 amide bonds. The lowest BCUT2D eigenvalue weighted by Gasteiger charge is -2.08. The lowest BCUT2D eigenvalue weighted by molar-refractivity contribution is 0.374. The van der Waals surface area contributed by atoms with Crippen molar-refractivity contribution in [1.82, 2.24) is 4.98 Å². The summed E-state index contributed by atoms with van der Waals surface area (Å²) in [5.74, 6) is 0.645. The molecule has 0 saturated carbocycles. The number of nitrogens with zero attached hydrogens (tertiary/aromatic N) is 1. The van der Waals surface area contributed by atoms with Gasteiger partial charge >= 0.3 is 0 Å². The Hall–Kier alpha value is -1.48. The highest BCUT2D eigenvalue weighted by Crippen LogP contribution is 2.32. The Morgan fingerprint density at radius 3 is 2.50 bits per heavy atom. The first-order valence-corrected chi connectivity index (χ1v) is 4.77. The average Bonchev–Trinajstić information content (AvgIpc) is 2.18. The fourth-order valence-corrected chi connectivity index (χ4v) is 1.76. The molecular weight excluding hydrogens is 226 g/mol. The zero-order valence-electron chi connectivity index (χ0n) is 9.44. The maximum atomic E-state index is 9.65. The van der Waals surface area contributed by atoms with Crippen molar-refractivity contribution in [2.45, 2.75) is 13.8 Å². The van der Waals surface area contributed by atoms with Gasteiger partial charge in [0.2, 0.25) is 0 Å². The van der Waals surface area contributed by atoms with Crippen molar-refractivity contribution >= 4 is 23.2 Å². The Balaban J connectivity index is 0.00000128. The van der Waals surface area contributed by atoms with E-state index < -0.39 is 0 Å². The van der Waals surface area contributed by atoms with Gasteiger partial charge in [-0.25, -0.2) is 0 Å². The topological polar surface area (TPSA) is 42.4 Å². The highest BCUT2D eigenvalue weighted by molar-refractivity contribution is 5.88. The largest absolute Gasteiger partial charge is 0.504 e. The second kappa shape index (κ2) is 4.58. The molecule has 1 N–H and O–H groups in total. The molecule has 0 bridgehead atoms. The molecule has 0 radical (unpaired) electrons. The lowest BCUT2D eigenvalue weighted by Crippen LogP contribution is -1.90. The molecule has 1 aromatic carbocycles. The van der Waals surface area contributed by atoms with Crippen LogP contribution in [0, 0.1) is 13.8 Å². The van der Waals surface area contributed by atoms with Gasteiger partial charge in [0.25, 0.3) is 0 Å². The molecule has 2 aromatic rings. The van der Waals surface area contributed by atoms with E-state index in [1.165, 1.54) is 0 Å². The van der Waals surface area contributed by atoms with Crippen molar-refractivity contribution in [1.29, 1.82) is 0 Å². The van der Waals surface area contributed by atoms with Gasteiger partial charge in [0.15, 0.2) is 11.5 Å². The second-order valence-electron chi connectivity index (χ2n) is 3.59. The van der Waals surface area contributed by atoms with Crippen molar-refractivity contribution < 1.29 is 9.84 Å². The summed E-state index contributed by atoms with van der Waals surface area (Å²) in [7, 11) is 1.54. The van der Waals surface area contributed by atoms with Gasteiger partial charge in [-0.3, -0.25) is 4.98 Å². The number of aromatic nitrogens is 1. The monoisotopic (exact) mass is 239 g/mol. The van der Waals surface area contributed by atoms with E-state index in [1.54, 1.807) is 13.2 Å². The third-order valence-electron chi connectivity index (χ3n) is 2.45. The first-order chi connectivity index (χ1) is 7.11. The SMILES string of the molecule is COc1cc2cc(C)nc(C)c2cc1O.Cl. The quantitative estimate of drug-likeness (QED) is 0.832. The molecular formula is C12H14ClNO2. The average molecular weight is 240 g/mol. The zero-order valence-corrected chi connectivity index (χ0v) is 10.3. The van der Waals surface area contributed by atoms with E-state index >= 15 is 0 Å². The summed E-state index contributed by atoms with van der Waals surface area (Å²) in [6.45, 7) is 3.88. The number of rotatable bonds is 1. The molecule has 16 heavy (non-hydrogen) atoms. The van der Waals surface area contributed by atoms with Gasteiger partial charge in [-0.2, -0.15) is 0 Å². The van der Waals surface area contributed by atoms with Crippen molar-refractivity contribution in [2.24, 2.45) is 0 Å². The Labute approximate surface area is 100 Å². The molecule has 4 heteroatoms. The number of fused-ring (bicyclic) bond motifs is 1. The lowest BCUT2D eigenvalue weighted by atomic mass is 10.1. The summed E-state index contributed by atoms with van der Waals surface area (Å²) in [5.41, 5.74) is 1.88. The minimum Gasteiger partial charge on any atom is -0.504 e. The highest BCUT2D eigenvalue weighted by atomic mass is 35.5. The van der Waals surface area contributed by atoms with Crippen molar-refractivity contribution in [3.63, 3.8) is 0 Å². The van der Waals surface area contributed by atoms with E-state index in [0.29, 0.717) is 5.75 Å². The van der Waals surface area contributed by atoms with Gasteiger partial charge in [-0.05, 0) is 37.4 Å². The molecule has 0 saturated heterocycles. The standard InChI is InChI=1S/C12H13NO2.ClH/c1-7-4-9-5-12(15-3)11(14)6-10(9)8(2)13-7;/h4-6,14H,1-3H3;1H. The maximum Gasteiger partial charge on any atom is 0.161 e. The van der Waals surface area contributed by atoms with Gasteiger partial charge in [0, 0.05) is 16.8 Å². The summed E-state index contributed by atoms with van der Waals surface area (Å²) in [5, 5.41) is 11.6. The molecule has 0 unspecified atom stereocenters. The zero-order chi connectivity index (χ0) is 11.0. The van der Waals surface area contributed by atoms with E-state index in [-0.39, 0.29) is 18.2 Å². The van der Waals surface area contributed by atoms with Crippen LogP contribution in [0.5, 0.6) is 11.5 Å². The number of methoxy groups -OCH3 is 1. The normalized spacial score (nSPS) is 9.94. The van der Waals surface area contributed by atoms with Gasteiger partial charge in [-0.1, -0.05) is 0 Å². The number of benzene rings is 1. The van der Waals surface area contributed by atoms with Crippen molar-refractivity contribution in [2.75, 3.05) is 7.11 Å². The summed E-state index contributed by atoms with van der Waals surface area (Å²) in [4.78, 5) is 4.35. The van der Waals surface area contributed by atoms with Gasteiger partial charge < -0.3 is 9.84 Å². The Morgan fingerprint density at radius 2 is 1.88 bits per heavy atom. The predicted octanol–water partition coefficient (Wildman–Crippen LogP) is 2.99. The number of ether oxygens (including phenoxy) is 1. The van der Waals surface area contributed by atoms with Gasteiger partial charge in [-0.15, -0.1) is 12.4 Å². The number of phenols is 1. The first-order valence-electron chi connectivity index (χ1n) is 4.77. The van der Waals surface area contributed by atoms with Crippen LogP contribution in [0.3, 0.4) is 0 Å². The summed E-state index contributed by atoms with van der Waals surface area (Å²) < 4.78 is 5.06. The minimum atomic E-state index is 0.